The molecule has 0 radical (unpaired) electrons. The molecule has 0 saturated carbocycles. The SMILES string of the molecule is CCN(C1CCN(C(C)c2ccccc2)C1)S(=O)(=O)c1cc(S(C)(=O)=O)ccc1C. The van der Waals surface area contributed by atoms with Crippen LogP contribution in [-0.2, 0) is 19.9 Å². The average Bonchev–Trinajstić information content (AvgIpc) is 3.17. The Morgan fingerprint density at radius 3 is 2.37 bits per heavy atom. The quantitative estimate of drug-likeness (QED) is 0.647. The first-order valence-electron chi connectivity index (χ1n) is 10.2. The zero-order valence-corrected chi connectivity index (χ0v) is 19.6. The number of rotatable bonds is 7. The Kier molecular flexibility index (Phi) is 6.72. The molecule has 0 aliphatic carbocycles. The van der Waals surface area contributed by atoms with Gasteiger partial charge in [0.2, 0.25) is 10.0 Å². The summed E-state index contributed by atoms with van der Waals surface area (Å²) in [4.78, 5) is 2.40. The van der Waals surface area contributed by atoms with Gasteiger partial charge >= 0.3 is 0 Å². The number of likely N-dealkylation sites (tertiary alicyclic amines) is 1. The number of sulfone groups is 1. The van der Waals surface area contributed by atoms with Crippen LogP contribution in [0.5, 0.6) is 0 Å². The summed E-state index contributed by atoms with van der Waals surface area (Å²) in [5.41, 5.74) is 1.76. The van der Waals surface area contributed by atoms with Crippen molar-refractivity contribution in [3.8, 4) is 0 Å². The summed E-state index contributed by atoms with van der Waals surface area (Å²) < 4.78 is 52.5. The molecule has 30 heavy (non-hydrogen) atoms. The summed E-state index contributed by atoms with van der Waals surface area (Å²) in [6.07, 6.45) is 1.83. The fraction of sp³-hybridized carbons (Fsp3) is 0.455. The number of hydrogen-bond donors (Lipinski definition) is 0. The Morgan fingerprint density at radius 2 is 1.77 bits per heavy atom. The highest BCUT2D eigenvalue weighted by Crippen LogP contribution is 2.31. The molecule has 2 aromatic rings. The molecule has 0 spiro atoms. The van der Waals surface area contributed by atoms with Crippen LogP contribution < -0.4 is 0 Å². The van der Waals surface area contributed by atoms with Crippen molar-refractivity contribution in [3.05, 3.63) is 59.7 Å². The summed E-state index contributed by atoms with van der Waals surface area (Å²) >= 11 is 0. The third-order valence-electron chi connectivity index (χ3n) is 5.92. The second kappa shape index (κ2) is 8.78. The Morgan fingerprint density at radius 1 is 1.10 bits per heavy atom. The molecular weight excluding hydrogens is 420 g/mol. The van der Waals surface area contributed by atoms with Gasteiger partial charge in [-0.3, -0.25) is 4.90 Å². The lowest BCUT2D eigenvalue weighted by Crippen LogP contribution is -2.42. The fourth-order valence-corrected chi connectivity index (χ4v) is 6.77. The number of benzene rings is 2. The largest absolute Gasteiger partial charge is 0.295 e. The zero-order valence-electron chi connectivity index (χ0n) is 17.9. The smallest absolute Gasteiger partial charge is 0.243 e. The van der Waals surface area contributed by atoms with Crippen molar-refractivity contribution in [3.63, 3.8) is 0 Å². The summed E-state index contributed by atoms with van der Waals surface area (Å²) in [7, 11) is -7.32. The molecule has 1 fully saturated rings. The van der Waals surface area contributed by atoms with E-state index < -0.39 is 19.9 Å². The van der Waals surface area contributed by atoms with Gasteiger partial charge in [0.15, 0.2) is 9.84 Å². The maximum Gasteiger partial charge on any atom is 0.243 e. The highest BCUT2D eigenvalue weighted by Gasteiger charge is 2.37. The zero-order chi connectivity index (χ0) is 22.1. The van der Waals surface area contributed by atoms with E-state index in [2.05, 4.69) is 24.0 Å². The molecule has 2 aromatic carbocycles. The minimum absolute atomic E-state index is 0.0217. The van der Waals surface area contributed by atoms with Crippen LogP contribution in [0.2, 0.25) is 0 Å². The minimum Gasteiger partial charge on any atom is -0.295 e. The number of nitrogens with zero attached hydrogens (tertiary/aromatic N) is 2. The van der Waals surface area contributed by atoms with Gasteiger partial charge in [-0.15, -0.1) is 0 Å². The molecule has 0 bridgehead atoms. The van der Waals surface area contributed by atoms with Gasteiger partial charge in [0.05, 0.1) is 9.79 Å². The molecule has 6 nitrogen and oxygen atoms in total. The highest BCUT2D eigenvalue weighted by atomic mass is 32.2. The van der Waals surface area contributed by atoms with E-state index in [9.17, 15) is 16.8 Å². The molecule has 2 atom stereocenters. The average molecular weight is 451 g/mol. The van der Waals surface area contributed by atoms with Gasteiger partial charge in [0.1, 0.15) is 0 Å². The molecule has 1 heterocycles. The van der Waals surface area contributed by atoms with Crippen molar-refractivity contribution < 1.29 is 16.8 Å². The van der Waals surface area contributed by atoms with Gasteiger partial charge in [-0.2, -0.15) is 4.31 Å². The number of hydrogen-bond acceptors (Lipinski definition) is 5. The molecule has 1 saturated heterocycles. The Bertz CT molecular complexity index is 1100. The van der Waals surface area contributed by atoms with Crippen LogP contribution in [0.4, 0.5) is 0 Å². The highest BCUT2D eigenvalue weighted by molar-refractivity contribution is 7.91. The Balaban J connectivity index is 1.87. The number of aryl methyl sites for hydroxylation is 1. The fourth-order valence-electron chi connectivity index (χ4n) is 4.14. The first kappa shape index (κ1) is 22.9. The molecule has 1 aliphatic rings. The van der Waals surface area contributed by atoms with Crippen LogP contribution in [0, 0.1) is 6.92 Å². The lowest BCUT2D eigenvalue weighted by atomic mass is 10.1. The van der Waals surface area contributed by atoms with Crippen LogP contribution in [0.25, 0.3) is 0 Å². The summed E-state index contributed by atoms with van der Waals surface area (Å²) in [6, 6.07) is 14.6. The monoisotopic (exact) mass is 450 g/mol. The van der Waals surface area contributed by atoms with E-state index in [0.29, 0.717) is 18.7 Å². The first-order chi connectivity index (χ1) is 14.1. The van der Waals surface area contributed by atoms with Crippen LogP contribution in [0.15, 0.2) is 58.3 Å². The van der Waals surface area contributed by atoms with Crippen molar-refractivity contribution in [2.75, 3.05) is 25.9 Å². The van der Waals surface area contributed by atoms with Crippen molar-refractivity contribution >= 4 is 19.9 Å². The van der Waals surface area contributed by atoms with E-state index in [1.165, 1.54) is 22.0 Å². The summed E-state index contributed by atoms with van der Waals surface area (Å²) in [5, 5.41) is 0. The normalized spacial score (nSPS) is 19.3. The van der Waals surface area contributed by atoms with Gasteiger partial charge in [0, 0.05) is 38.0 Å². The van der Waals surface area contributed by atoms with Crippen molar-refractivity contribution in [1.29, 1.82) is 0 Å². The molecule has 1 aliphatic heterocycles. The van der Waals surface area contributed by atoms with E-state index in [1.807, 2.05) is 25.1 Å². The third-order valence-corrected chi connectivity index (χ3v) is 9.20. The Hall–Kier alpha value is -1.74. The van der Waals surface area contributed by atoms with E-state index in [4.69, 9.17) is 0 Å². The third kappa shape index (κ3) is 4.61. The Labute approximate surface area is 180 Å². The molecule has 0 amide bonds. The number of sulfonamides is 1. The van der Waals surface area contributed by atoms with Gasteiger partial charge in [-0.05, 0) is 43.5 Å². The second-order valence-electron chi connectivity index (χ2n) is 7.93. The van der Waals surface area contributed by atoms with Crippen molar-refractivity contribution in [2.24, 2.45) is 0 Å². The summed E-state index contributed by atoms with van der Waals surface area (Å²) in [6.45, 7) is 7.47. The lowest BCUT2D eigenvalue weighted by Gasteiger charge is -2.29. The van der Waals surface area contributed by atoms with E-state index in [1.54, 1.807) is 13.0 Å². The lowest BCUT2D eigenvalue weighted by molar-refractivity contribution is 0.239. The van der Waals surface area contributed by atoms with Gasteiger partial charge in [0.25, 0.3) is 0 Å². The maximum atomic E-state index is 13.5. The topological polar surface area (TPSA) is 74.8 Å². The van der Waals surface area contributed by atoms with E-state index >= 15 is 0 Å². The summed E-state index contributed by atoms with van der Waals surface area (Å²) in [5.74, 6) is 0. The van der Waals surface area contributed by atoms with E-state index in [0.717, 1.165) is 19.2 Å². The standard InChI is InChI=1S/C22H30N2O4S2/c1-5-24(20-13-14-23(16-20)18(3)19-9-7-6-8-10-19)30(27,28)22-15-21(29(4,25)26)12-11-17(22)2/h6-12,15,18,20H,5,13-14,16H2,1-4H3. The predicted molar refractivity (Wildman–Crippen MR) is 119 cm³/mol. The van der Waals surface area contributed by atoms with Crippen molar-refractivity contribution in [1.82, 2.24) is 9.21 Å². The predicted octanol–water partition coefficient (Wildman–Crippen LogP) is 3.24. The molecule has 3 rings (SSSR count). The molecule has 0 aromatic heterocycles. The molecule has 2 unspecified atom stereocenters. The van der Waals surface area contributed by atoms with Crippen LogP contribution in [0.3, 0.4) is 0 Å². The van der Waals surface area contributed by atoms with Gasteiger partial charge < -0.3 is 0 Å². The molecule has 0 N–H and O–H groups in total. The van der Waals surface area contributed by atoms with Gasteiger partial charge in [-0.25, -0.2) is 16.8 Å². The van der Waals surface area contributed by atoms with E-state index in [-0.39, 0.29) is 21.9 Å². The second-order valence-corrected chi connectivity index (χ2v) is 11.8. The first-order valence-corrected chi connectivity index (χ1v) is 13.5. The number of likely N-dealkylation sites (N-methyl/N-ethyl adjacent to an activating group) is 1. The van der Waals surface area contributed by atoms with Crippen molar-refractivity contribution in [2.45, 2.75) is 49.1 Å². The van der Waals surface area contributed by atoms with Crippen LogP contribution in [0.1, 0.15) is 37.4 Å². The molecule has 164 valence electrons. The maximum absolute atomic E-state index is 13.5. The van der Waals surface area contributed by atoms with Crippen LogP contribution >= 0.6 is 0 Å². The van der Waals surface area contributed by atoms with Gasteiger partial charge in [-0.1, -0.05) is 43.3 Å². The minimum atomic E-state index is -3.82. The molecule has 8 heteroatoms. The molecular formula is C22H30N2O4S2. The van der Waals surface area contributed by atoms with Crippen LogP contribution in [-0.4, -0.2) is 58.0 Å².